The molecule has 3 aromatic rings. The molecule has 1 N–H and O–H groups in total. The van der Waals surface area contributed by atoms with Crippen LogP contribution in [0.5, 0.6) is 0 Å². The van der Waals surface area contributed by atoms with E-state index in [1.165, 1.54) is 24.3 Å². The van der Waals surface area contributed by atoms with Gasteiger partial charge >= 0.3 is 0 Å². The van der Waals surface area contributed by atoms with Gasteiger partial charge in [0.05, 0.1) is 10.6 Å². The van der Waals surface area contributed by atoms with Crippen molar-refractivity contribution in [3.8, 4) is 0 Å². The zero-order valence-electron chi connectivity index (χ0n) is 17.6. The van der Waals surface area contributed by atoms with Crippen LogP contribution in [0.1, 0.15) is 41.3 Å². The lowest BCUT2D eigenvalue weighted by Gasteiger charge is -2.19. The molecule has 0 heterocycles. The van der Waals surface area contributed by atoms with Crippen molar-refractivity contribution in [2.45, 2.75) is 31.6 Å². The van der Waals surface area contributed by atoms with Gasteiger partial charge in [-0.15, -0.1) is 0 Å². The van der Waals surface area contributed by atoms with Gasteiger partial charge in [0.1, 0.15) is 0 Å². The molecule has 0 bridgehead atoms. The van der Waals surface area contributed by atoms with E-state index in [0.29, 0.717) is 17.2 Å². The molecule has 0 saturated carbocycles. The standard InChI is InChI=1S/C24H26N2O3S/c1-17(2)20-9-7-10-21(16-20)26(4)24(27)19-12-14-22(15-13-19)30(28,29)25-23-11-6-5-8-18(23)3/h5-17,25H,1-4H3. The number of nitrogens with zero attached hydrogens (tertiary/aromatic N) is 1. The molecule has 30 heavy (non-hydrogen) atoms. The van der Waals surface area contributed by atoms with Crippen molar-refractivity contribution in [1.82, 2.24) is 0 Å². The highest BCUT2D eigenvalue weighted by molar-refractivity contribution is 7.92. The zero-order chi connectivity index (χ0) is 21.9. The first kappa shape index (κ1) is 21.6. The number of carbonyl (C=O) groups is 1. The third-order valence-corrected chi connectivity index (χ3v) is 6.41. The first-order chi connectivity index (χ1) is 14.2. The summed E-state index contributed by atoms with van der Waals surface area (Å²) in [5, 5.41) is 0. The SMILES string of the molecule is Cc1ccccc1NS(=O)(=O)c1ccc(C(=O)N(C)c2cccc(C(C)C)c2)cc1. The molecule has 3 rings (SSSR count). The minimum absolute atomic E-state index is 0.103. The average molecular weight is 423 g/mol. The van der Waals surface area contributed by atoms with E-state index in [2.05, 4.69) is 18.6 Å². The van der Waals surface area contributed by atoms with Crippen LogP contribution >= 0.6 is 0 Å². The Hall–Kier alpha value is -3.12. The van der Waals surface area contributed by atoms with Gasteiger partial charge in [-0.25, -0.2) is 8.42 Å². The van der Waals surface area contributed by atoms with E-state index in [1.807, 2.05) is 43.3 Å². The maximum absolute atomic E-state index is 12.9. The second-order valence-corrected chi connectivity index (χ2v) is 9.24. The molecule has 156 valence electrons. The molecule has 0 radical (unpaired) electrons. The van der Waals surface area contributed by atoms with Crippen molar-refractivity contribution in [2.75, 3.05) is 16.7 Å². The lowest BCUT2D eigenvalue weighted by molar-refractivity contribution is 0.0993. The molecule has 0 saturated heterocycles. The van der Waals surface area contributed by atoms with Gasteiger partial charge < -0.3 is 4.90 Å². The van der Waals surface area contributed by atoms with Crippen LogP contribution in [-0.4, -0.2) is 21.4 Å². The van der Waals surface area contributed by atoms with E-state index < -0.39 is 10.0 Å². The molecule has 0 aromatic heterocycles. The van der Waals surface area contributed by atoms with Gasteiger partial charge in [-0.05, 0) is 66.4 Å². The van der Waals surface area contributed by atoms with Gasteiger partial charge in [-0.3, -0.25) is 9.52 Å². The number of aryl methyl sites for hydroxylation is 1. The Balaban J connectivity index is 1.80. The van der Waals surface area contributed by atoms with Crippen LogP contribution in [0, 0.1) is 6.92 Å². The molecule has 0 unspecified atom stereocenters. The van der Waals surface area contributed by atoms with Gasteiger partial charge in [0.25, 0.3) is 15.9 Å². The number of benzene rings is 3. The summed E-state index contributed by atoms with van der Waals surface area (Å²) >= 11 is 0. The number of hydrogen-bond donors (Lipinski definition) is 1. The van der Waals surface area contributed by atoms with Crippen LogP contribution in [0.15, 0.2) is 77.7 Å². The number of amides is 1. The fraction of sp³-hybridized carbons (Fsp3) is 0.208. The van der Waals surface area contributed by atoms with Crippen LogP contribution in [0.3, 0.4) is 0 Å². The van der Waals surface area contributed by atoms with Crippen LogP contribution in [-0.2, 0) is 10.0 Å². The van der Waals surface area contributed by atoms with Gasteiger partial charge in [0.15, 0.2) is 0 Å². The van der Waals surface area contributed by atoms with Crippen molar-refractivity contribution < 1.29 is 13.2 Å². The van der Waals surface area contributed by atoms with Gasteiger partial charge in [-0.1, -0.05) is 44.2 Å². The quantitative estimate of drug-likeness (QED) is 0.594. The fourth-order valence-corrected chi connectivity index (χ4v) is 4.20. The highest BCUT2D eigenvalue weighted by atomic mass is 32.2. The largest absolute Gasteiger partial charge is 0.311 e. The average Bonchev–Trinajstić information content (AvgIpc) is 2.74. The second-order valence-electron chi connectivity index (χ2n) is 7.56. The Bertz CT molecular complexity index is 1150. The van der Waals surface area contributed by atoms with E-state index in [4.69, 9.17) is 0 Å². The Morgan fingerprint density at radius 1 is 0.933 bits per heavy atom. The van der Waals surface area contributed by atoms with E-state index in [0.717, 1.165) is 16.8 Å². The molecule has 0 fully saturated rings. The van der Waals surface area contributed by atoms with Crippen LogP contribution in [0.2, 0.25) is 0 Å². The smallest absolute Gasteiger partial charge is 0.261 e. The molecule has 0 spiro atoms. The van der Waals surface area contributed by atoms with E-state index in [1.54, 1.807) is 24.1 Å². The predicted octanol–water partition coefficient (Wildman–Crippen LogP) is 5.20. The lowest BCUT2D eigenvalue weighted by Crippen LogP contribution is -2.26. The number of nitrogens with one attached hydrogen (secondary N) is 1. The topological polar surface area (TPSA) is 66.5 Å². The number of rotatable bonds is 6. The summed E-state index contributed by atoms with van der Waals surface area (Å²) in [6.07, 6.45) is 0. The highest BCUT2D eigenvalue weighted by Crippen LogP contribution is 2.23. The number of carbonyl (C=O) groups excluding carboxylic acids is 1. The minimum Gasteiger partial charge on any atom is -0.311 e. The number of para-hydroxylation sites is 1. The molecule has 1 amide bonds. The van der Waals surface area contributed by atoms with Crippen molar-refractivity contribution >= 4 is 27.3 Å². The fourth-order valence-electron chi connectivity index (χ4n) is 3.07. The summed E-state index contributed by atoms with van der Waals surface area (Å²) in [6, 6.07) is 21.0. The third kappa shape index (κ3) is 4.71. The van der Waals surface area contributed by atoms with Crippen molar-refractivity contribution in [2.24, 2.45) is 0 Å². The van der Waals surface area contributed by atoms with E-state index in [9.17, 15) is 13.2 Å². The molecule has 0 atom stereocenters. The Labute approximate surface area is 178 Å². The Morgan fingerprint density at radius 3 is 2.23 bits per heavy atom. The predicted molar refractivity (Wildman–Crippen MR) is 122 cm³/mol. The van der Waals surface area contributed by atoms with Crippen LogP contribution < -0.4 is 9.62 Å². The maximum Gasteiger partial charge on any atom is 0.261 e. The maximum atomic E-state index is 12.9. The van der Waals surface area contributed by atoms with Crippen molar-refractivity contribution in [1.29, 1.82) is 0 Å². The molecule has 0 aliphatic rings. The van der Waals surface area contributed by atoms with Crippen molar-refractivity contribution in [3.63, 3.8) is 0 Å². The van der Waals surface area contributed by atoms with Crippen LogP contribution in [0.4, 0.5) is 11.4 Å². The molecule has 3 aromatic carbocycles. The summed E-state index contributed by atoms with van der Waals surface area (Å²) in [7, 11) is -2.03. The first-order valence-corrected chi connectivity index (χ1v) is 11.2. The molecule has 6 heteroatoms. The number of anilines is 2. The monoisotopic (exact) mass is 422 g/mol. The van der Waals surface area contributed by atoms with E-state index in [-0.39, 0.29) is 10.8 Å². The summed E-state index contributed by atoms with van der Waals surface area (Å²) in [6.45, 7) is 6.04. The lowest BCUT2D eigenvalue weighted by atomic mass is 10.0. The molecule has 5 nitrogen and oxygen atoms in total. The molecular weight excluding hydrogens is 396 g/mol. The van der Waals surface area contributed by atoms with Crippen molar-refractivity contribution in [3.05, 3.63) is 89.5 Å². The van der Waals surface area contributed by atoms with E-state index >= 15 is 0 Å². The summed E-state index contributed by atoms with van der Waals surface area (Å²) < 4.78 is 28.0. The van der Waals surface area contributed by atoms with Gasteiger partial charge in [0, 0.05) is 18.3 Å². The van der Waals surface area contributed by atoms with Gasteiger partial charge in [0.2, 0.25) is 0 Å². The Kier molecular flexibility index (Phi) is 6.27. The number of sulfonamides is 1. The van der Waals surface area contributed by atoms with Gasteiger partial charge in [-0.2, -0.15) is 0 Å². The third-order valence-electron chi connectivity index (χ3n) is 5.03. The zero-order valence-corrected chi connectivity index (χ0v) is 18.4. The first-order valence-electron chi connectivity index (χ1n) is 9.75. The number of hydrogen-bond acceptors (Lipinski definition) is 3. The summed E-state index contributed by atoms with van der Waals surface area (Å²) in [5.41, 5.74) is 3.72. The van der Waals surface area contributed by atoms with Crippen LogP contribution in [0.25, 0.3) is 0 Å². The normalized spacial score (nSPS) is 11.4. The Morgan fingerprint density at radius 2 is 1.60 bits per heavy atom. The summed E-state index contributed by atoms with van der Waals surface area (Å²) in [4.78, 5) is 14.6. The minimum atomic E-state index is -3.74. The summed E-state index contributed by atoms with van der Waals surface area (Å²) in [5.74, 6) is 0.158. The highest BCUT2D eigenvalue weighted by Gasteiger charge is 2.18. The molecular formula is C24H26N2O3S. The second kappa shape index (κ2) is 8.71. The molecule has 0 aliphatic heterocycles. The molecule has 0 aliphatic carbocycles.